The fourth-order valence-electron chi connectivity index (χ4n) is 2.07. The summed E-state index contributed by atoms with van der Waals surface area (Å²) in [6, 6.07) is 4.91. The second-order valence-electron chi connectivity index (χ2n) is 5.43. The molecule has 0 fully saturated rings. The van der Waals surface area contributed by atoms with Crippen molar-refractivity contribution >= 4 is 27.3 Å². The minimum Gasteiger partial charge on any atom is -0.312 e. The highest BCUT2D eigenvalue weighted by Gasteiger charge is 2.12. The quantitative estimate of drug-likeness (QED) is 0.771. The molecule has 1 aromatic carbocycles. The van der Waals surface area contributed by atoms with Crippen LogP contribution in [0, 0.1) is 11.7 Å². The first-order valence-electron chi connectivity index (χ1n) is 7.15. The fraction of sp³-hybridized carbons (Fsp3) is 0.438. The van der Waals surface area contributed by atoms with Crippen LogP contribution in [0.3, 0.4) is 0 Å². The smallest absolute Gasteiger partial charge is 0.125 e. The van der Waals surface area contributed by atoms with E-state index in [1.165, 1.54) is 17.0 Å². The summed E-state index contributed by atoms with van der Waals surface area (Å²) in [5.41, 5.74) is 1.93. The molecule has 0 amide bonds. The van der Waals surface area contributed by atoms with Gasteiger partial charge in [-0.15, -0.1) is 11.3 Å². The predicted octanol–water partition coefficient (Wildman–Crippen LogP) is 5.02. The van der Waals surface area contributed by atoms with Crippen LogP contribution in [-0.4, -0.2) is 11.5 Å². The molecule has 1 N–H and O–H groups in total. The first-order chi connectivity index (χ1) is 9.99. The van der Waals surface area contributed by atoms with Crippen LogP contribution in [-0.2, 0) is 13.0 Å². The van der Waals surface area contributed by atoms with E-state index in [4.69, 9.17) is 0 Å². The maximum absolute atomic E-state index is 13.5. The number of hydrogen-bond acceptors (Lipinski definition) is 3. The molecular formula is C16H20BrFN2S. The molecule has 0 aliphatic heterocycles. The fourth-order valence-corrected chi connectivity index (χ4v) is 3.65. The molecule has 2 nitrogen and oxygen atoms in total. The van der Waals surface area contributed by atoms with Crippen molar-refractivity contribution in [3.8, 4) is 10.6 Å². The molecule has 0 unspecified atom stereocenters. The summed E-state index contributed by atoms with van der Waals surface area (Å²) < 4.78 is 14.3. The van der Waals surface area contributed by atoms with Gasteiger partial charge in [-0.1, -0.05) is 36.7 Å². The summed E-state index contributed by atoms with van der Waals surface area (Å²) in [5, 5.41) is 4.33. The Kier molecular flexibility index (Phi) is 5.90. The molecule has 0 aliphatic carbocycles. The molecule has 5 heteroatoms. The van der Waals surface area contributed by atoms with E-state index >= 15 is 0 Å². The van der Waals surface area contributed by atoms with Gasteiger partial charge in [0.05, 0.1) is 5.69 Å². The predicted molar refractivity (Wildman–Crippen MR) is 91.1 cm³/mol. The van der Waals surface area contributed by atoms with Crippen LogP contribution in [0.25, 0.3) is 10.6 Å². The summed E-state index contributed by atoms with van der Waals surface area (Å²) in [6.07, 6.45) is 0.895. The van der Waals surface area contributed by atoms with Crippen molar-refractivity contribution in [3.63, 3.8) is 0 Å². The molecule has 2 rings (SSSR count). The second kappa shape index (κ2) is 7.47. The lowest BCUT2D eigenvalue weighted by Gasteiger charge is -2.06. The van der Waals surface area contributed by atoms with Crippen molar-refractivity contribution in [1.82, 2.24) is 10.3 Å². The Morgan fingerprint density at radius 2 is 2.10 bits per heavy atom. The molecule has 0 atom stereocenters. The van der Waals surface area contributed by atoms with Gasteiger partial charge in [0.2, 0.25) is 0 Å². The van der Waals surface area contributed by atoms with Gasteiger partial charge in [0, 0.05) is 21.5 Å². The average molecular weight is 371 g/mol. The number of rotatable bonds is 6. The van der Waals surface area contributed by atoms with Crippen molar-refractivity contribution in [3.05, 3.63) is 39.1 Å². The highest BCUT2D eigenvalue weighted by Crippen LogP contribution is 2.31. The molecule has 0 saturated heterocycles. The molecule has 114 valence electrons. The maximum Gasteiger partial charge on any atom is 0.125 e. The molecule has 0 aliphatic rings. The molecule has 1 aromatic heterocycles. The van der Waals surface area contributed by atoms with E-state index in [0.717, 1.165) is 40.2 Å². The van der Waals surface area contributed by atoms with Gasteiger partial charge >= 0.3 is 0 Å². The van der Waals surface area contributed by atoms with Crippen LogP contribution in [0.15, 0.2) is 22.7 Å². The lowest BCUT2D eigenvalue weighted by molar-refractivity contribution is 0.553. The largest absolute Gasteiger partial charge is 0.312 e. The molecule has 1 heterocycles. The van der Waals surface area contributed by atoms with E-state index in [9.17, 15) is 4.39 Å². The van der Waals surface area contributed by atoms with Gasteiger partial charge in [-0.3, -0.25) is 0 Å². The Labute approximate surface area is 137 Å². The highest BCUT2D eigenvalue weighted by atomic mass is 79.9. The van der Waals surface area contributed by atoms with Gasteiger partial charge in [0.15, 0.2) is 0 Å². The minimum atomic E-state index is -0.243. The van der Waals surface area contributed by atoms with Crippen molar-refractivity contribution < 1.29 is 4.39 Å². The van der Waals surface area contributed by atoms with Crippen molar-refractivity contribution in [2.24, 2.45) is 5.92 Å². The Bertz CT molecular complexity index is 590. The van der Waals surface area contributed by atoms with Crippen LogP contribution in [0.1, 0.15) is 31.3 Å². The van der Waals surface area contributed by atoms with E-state index in [1.807, 2.05) is 6.07 Å². The van der Waals surface area contributed by atoms with Crippen molar-refractivity contribution in [1.29, 1.82) is 0 Å². The number of hydrogen-bond donors (Lipinski definition) is 1. The summed E-state index contributed by atoms with van der Waals surface area (Å²) >= 11 is 4.98. The maximum atomic E-state index is 13.5. The molecule has 21 heavy (non-hydrogen) atoms. The monoisotopic (exact) mass is 370 g/mol. The van der Waals surface area contributed by atoms with E-state index in [1.54, 1.807) is 11.3 Å². The van der Waals surface area contributed by atoms with E-state index in [0.29, 0.717) is 5.92 Å². The van der Waals surface area contributed by atoms with Gasteiger partial charge in [-0.2, -0.15) is 0 Å². The van der Waals surface area contributed by atoms with E-state index in [-0.39, 0.29) is 5.82 Å². The summed E-state index contributed by atoms with van der Waals surface area (Å²) in [6.45, 7) is 8.30. The number of aromatic nitrogens is 1. The zero-order valence-corrected chi connectivity index (χ0v) is 14.9. The van der Waals surface area contributed by atoms with Crippen LogP contribution >= 0.6 is 27.3 Å². The van der Waals surface area contributed by atoms with Gasteiger partial charge in [-0.05, 0) is 37.1 Å². The number of nitrogens with one attached hydrogen (secondary N) is 1. The van der Waals surface area contributed by atoms with Gasteiger partial charge in [0.25, 0.3) is 0 Å². The second-order valence-corrected chi connectivity index (χ2v) is 7.42. The summed E-state index contributed by atoms with van der Waals surface area (Å²) in [7, 11) is 0. The van der Waals surface area contributed by atoms with Crippen molar-refractivity contribution in [2.45, 2.75) is 33.7 Å². The minimum absolute atomic E-state index is 0.243. The first-order valence-corrected chi connectivity index (χ1v) is 8.76. The lowest BCUT2D eigenvalue weighted by Crippen LogP contribution is -2.18. The third kappa shape index (κ3) is 4.59. The zero-order valence-electron chi connectivity index (χ0n) is 12.5. The number of benzene rings is 1. The van der Waals surface area contributed by atoms with Crippen molar-refractivity contribution in [2.75, 3.05) is 6.54 Å². The molecule has 0 radical (unpaired) electrons. The Morgan fingerprint density at radius 1 is 1.33 bits per heavy atom. The van der Waals surface area contributed by atoms with Gasteiger partial charge in [0.1, 0.15) is 10.8 Å². The number of halogens is 2. The Balaban J connectivity index is 2.23. The standard InChI is InChI=1S/C16H20BrFN2S/c1-4-14-15(9-19-8-10(2)3)21-16(20-14)11-5-12(17)7-13(18)6-11/h5-7,10,19H,4,8-9H2,1-3H3. The molecule has 0 spiro atoms. The zero-order chi connectivity index (χ0) is 15.4. The third-order valence-corrected chi connectivity index (χ3v) is 4.67. The topological polar surface area (TPSA) is 24.9 Å². The number of thiazole rings is 1. The van der Waals surface area contributed by atoms with Gasteiger partial charge < -0.3 is 5.32 Å². The highest BCUT2D eigenvalue weighted by molar-refractivity contribution is 9.10. The lowest BCUT2D eigenvalue weighted by atomic mass is 10.2. The Morgan fingerprint density at radius 3 is 2.71 bits per heavy atom. The SMILES string of the molecule is CCc1nc(-c2cc(F)cc(Br)c2)sc1CNCC(C)C. The van der Waals surface area contributed by atoms with Crippen LogP contribution in [0.4, 0.5) is 4.39 Å². The molecular weight excluding hydrogens is 351 g/mol. The summed E-state index contributed by atoms with van der Waals surface area (Å²) in [5.74, 6) is 0.383. The molecule has 2 aromatic rings. The normalized spacial score (nSPS) is 11.3. The average Bonchev–Trinajstić information content (AvgIpc) is 2.80. The van der Waals surface area contributed by atoms with Gasteiger partial charge in [-0.25, -0.2) is 9.37 Å². The molecule has 0 saturated carbocycles. The Hall–Kier alpha value is -0.780. The first kappa shape index (κ1) is 16.6. The van der Waals surface area contributed by atoms with E-state index < -0.39 is 0 Å². The number of nitrogens with zero attached hydrogens (tertiary/aromatic N) is 1. The van der Waals surface area contributed by atoms with Crippen LogP contribution < -0.4 is 5.32 Å². The number of aryl methyl sites for hydroxylation is 1. The third-order valence-electron chi connectivity index (χ3n) is 3.06. The summed E-state index contributed by atoms with van der Waals surface area (Å²) in [4.78, 5) is 5.91. The van der Waals surface area contributed by atoms with Crippen LogP contribution in [0.2, 0.25) is 0 Å². The molecule has 0 bridgehead atoms. The van der Waals surface area contributed by atoms with Crippen LogP contribution in [0.5, 0.6) is 0 Å². The van der Waals surface area contributed by atoms with E-state index in [2.05, 4.69) is 47.0 Å².